The number of carbonyl (C=O) groups is 2. The van der Waals surface area contributed by atoms with Gasteiger partial charge in [0, 0.05) is 13.0 Å². The SMILES string of the molecule is O=C(O)CCCN1C(=O)/C(=C\c2cccc(Cl)c2Cl)SC1=S. The van der Waals surface area contributed by atoms with E-state index >= 15 is 0 Å². The zero-order valence-corrected chi connectivity index (χ0v) is 14.4. The van der Waals surface area contributed by atoms with Gasteiger partial charge in [-0.1, -0.05) is 59.3 Å². The van der Waals surface area contributed by atoms with Crippen LogP contribution in [0.1, 0.15) is 18.4 Å². The van der Waals surface area contributed by atoms with E-state index in [1.807, 2.05) is 0 Å². The van der Waals surface area contributed by atoms with E-state index in [4.69, 9.17) is 40.5 Å². The van der Waals surface area contributed by atoms with Crippen LogP contribution >= 0.6 is 47.2 Å². The summed E-state index contributed by atoms with van der Waals surface area (Å²) in [5, 5.41) is 9.43. The summed E-state index contributed by atoms with van der Waals surface area (Å²) < 4.78 is 0.416. The maximum Gasteiger partial charge on any atom is 0.303 e. The molecule has 1 saturated heterocycles. The van der Waals surface area contributed by atoms with Gasteiger partial charge in [0.1, 0.15) is 4.32 Å². The van der Waals surface area contributed by atoms with Gasteiger partial charge in [0.2, 0.25) is 0 Å². The number of carbonyl (C=O) groups excluding carboxylic acids is 1. The fourth-order valence-electron chi connectivity index (χ4n) is 1.85. The minimum absolute atomic E-state index is 0.00374. The first-order valence-electron chi connectivity index (χ1n) is 6.31. The smallest absolute Gasteiger partial charge is 0.303 e. The summed E-state index contributed by atoms with van der Waals surface area (Å²) in [6, 6.07) is 5.16. The lowest BCUT2D eigenvalue weighted by molar-refractivity contribution is -0.137. The van der Waals surface area contributed by atoms with E-state index in [0.717, 1.165) is 0 Å². The molecule has 0 radical (unpaired) electrons. The topological polar surface area (TPSA) is 57.6 Å². The highest BCUT2D eigenvalue weighted by Gasteiger charge is 2.31. The van der Waals surface area contributed by atoms with Crippen molar-refractivity contribution in [1.29, 1.82) is 0 Å². The lowest BCUT2D eigenvalue weighted by atomic mass is 10.2. The molecule has 1 heterocycles. The molecule has 8 heteroatoms. The van der Waals surface area contributed by atoms with Gasteiger partial charge in [-0.3, -0.25) is 14.5 Å². The molecule has 1 N–H and O–H groups in total. The molecule has 22 heavy (non-hydrogen) atoms. The Hall–Kier alpha value is -1.08. The summed E-state index contributed by atoms with van der Waals surface area (Å²) in [6.45, 7) is 0.289. The monoisotopic (exact) mass is 375 g/mol. The van der Waals surface area contributed by atoms with Crippen LogP contribution < -0.4 is 0 Å². The number of aliphatic carboxylic acids is 1. The van der Waals surface area contributed by atoms with Gasteiger partial charge in [0.05, 0.1) is 15.0 Å². The molecule has 0 unspecified atom stereocenters. The molecule has 0 spiro atoms. The van der Waals surface area contributed by atoms with Gasteiger partial charge in [-0.05, 0) is 24.1 Å². The second-order valence-electron chi connectivity index (χ2n) is 4.47. The Morgan fingerprint density at radius 3 is 2.82 bits per heavy atom. The molecule has 1 aliphatic heterocycles. The first-order chi connectivity index (χ1) is 10.4. The van der Waals surface area contributed by atoms with Crippen molar-refractivity contribution in [3.05, 3.63) is 38.7 Å². The van der Waals surface area contributed by atoms with Gasteiger partial charge < -0.3 is 5.11 Å². The van der Waals surface area contributed by atoms with Crippen molar-refractivity contribution in [2.24, 2.45) is 0 Å². The predicted molar refractivity (Wildman–Crippen MR) is 93.2 cm³/mol. The van der Waals surface area contributed by atoms with Gasteiger partial charge in [-0.15, -0.1) is 0 Å². The average molecular weight is 376 g/mol. The lowest BCUT2D eigenvalue weighted by Crippen LogP contribution is -2.29. The number of halogens is 2. The van der Waals surface area contributed by atoms with Crippen LogP contribution in [0.4, 0.5) is 0 Å². The minimum Gasteiger partial charge on any atom is -0.481 e. The van der Waals surface area contributed by atoms with E-state index < -0.39 is 5.97 Å². The number of benzene rings is 1. The second-order valence-corrected chi connectivity index (χ2v) is 6.93. The standard InChI is InChI=1S/C14H11Cl2NO3S2/c15-9-4-1-3-8(12(9)16)7-10-13(20)17(14(21)22-10)6-2-5-11(18)19/h1,3-4,7H,2,5-6H2,(H,18,19)/b10-7+. The molecule has 1 aromatic rings. The van der Waals surface area contributed by atoms with Gasteiger partial charge >= 0.3 is 5.97 Å². The number of thioether (sulfide) groups is 1. The molecule has 1 fully saturated rings. The van der Waals surface area contributed by atoms with Crippen molar-refractivity contribution in [2.75, 3.05) is 6.54 Å². The second kappa shape index (κ2) is 7.46. The number of carboxylic acid groups (broad SMARTS) is 1. The number of carboxylic acids is 1. The zero-order chi connectivity index (χ0) is 16.3. The Bertz CT molecular complexity index is 676. The molecule has 1 amide bonds. The van der Waals surface area contributed by atoms with Crippen molar-refractivity contribution in [3.8, 4) is 0 Å². The van der Waals surface area contributed by atoms with Gasteiger partial charge in [-0.25, -0.2) is 0 Å². The first kappa shape index (κ1) is 17.3. The molecule has 4 nitrogen and oxygen atoms in total. The largest absolute Gasteiger partial charge is 0.481 e. The Morgan fingerprint density at radius 2 is 2.14 bits per heavy atom. The molecule has 0 aromatic heterocycles. The highest BCUT2D eigenvalue weighted by Crippen LogP contribution is 2.35. The molecule has 1 aromatic carbocycles. The third kappa shape index (κ3) is 4.01. The number of amides is 1. The molecule has 116 valence electrons. The van der Waals surface area contributed by atoms with Crippen LogP contribution in [0.15, 0.2) is 23.1 Å². The molecule has 0 atom stereocenters. The Morgan fingerprint density at radius 1 is 1.41 bits per heavy atom. The van der Waals surface area contributed by atoms with Crippen LogP contribution in [-0.2, 0) is 9.59 Å². The number of rotatable bonds is 5. The predicted octanol–water partition coefficient (Wildman–Crippen LogP) is 4.06. The van der Waals surface area contributed by atoms with E-state index in [1.165, 1.54) is 16.7 Å². The molecule has 0 saturated carbocycles. The Balaban J connectivity index is 2.15. The van der Waals surface area contributed by atoms with Crippen LogP contribution in [0.3, 0.4) is 0 Å². The van der Waals surface area contributed by atoms with Gasteiger partial charge in [-0.2, -0.15) is 0 Å². The minimum atomic E-state index is -0.897. The normalized spacial score (nSPS) is 16.6. The van der Waals surface area contributed by atoms with E-state index in [-0.39, 0.29) is 18.9 Å². The summed E-state index contributed by atoms with van der Waals surface area (Å²) in [5.41, 5.74) is 0.639. The van der Waals surface area contributed by atoms with E-state index in [0.29, 0.717) is 31.3 Å². The highest BCUT2D eigenvalue weighted by molar-refractivity contribution is 8.26. The van der Waals surface area contributed by atoms with E-state index in [9.17, 15) is 9.59 Å². The van der Waals surface area contributed by atoms with E-state index in [2.05, 4.69) is 0 Å². The lowest BCUT2D eigenvalue weighted by Gasteiger charge is -2.13. The van der Waals surface area contributed by atoms with E-state index in [1.54, 1.807) is 24.3 Å². The van der Waals surface area contributed by atoms with Crippen LogP contribution in [0.25, 0.3) is 6.08 Å². The van der Waals surface area contributed by atoms with Crippen molar-refractivity contribution in [3.63, 3.8) is 0 Å². The van der Waals surface area contributed by atoms with Crippen LogP contribution in [-0.4, -0.2) is 32.7 Å². The van der Waals surface area contributed by atoms with Gasteiger partial charge in [0.15, 0.2) is 0 Å². The third-order valence-electron chi connectivity index (χ3n) is 2.91. The summed E-state index contributed by atoms with van der Waals surface area (Å²) in [6.07, 6.45) is 1.99. The molecule has 1 aliphatic rings. The maximum atomic E-state index is 12.3. The molecular formula is C14H11Cl2NO3S2. The summed E-state index contributed by atoms with van der Waals surface area (Å²) >= 11 is 18.4. The molecule has 2 rings (SSSR count). The first-order valence-corrected chi connectivity index (χ1v) is 8.29. The van der Waals surface area contributed by atoms with Crippen molar-refractivity contribution in [1.82, 2.24) is 4.90 Å². The van der Waals surface area contributed by atoms with Gasteiger partial charge in [0.25, 0.3) is 5.91 Å². The summed E-state index contributed by atoms with van der Waals surface area (Å²) in [7, 11) is 0. The highest BCUT2D eigenvalue weighted by atomic mass is 35.5. The van der Waals surface area contributed by atoms with Crippen molar-refractivity contribution < 1.29 is 14.7 Å². The van der Waals surface area contributed by atoms with Crippen LogP contribution in [0.5, 0.6) is 0 Å². The number of hydrogen-bond donors (Lipinski definition) is 1. The number of hydrogen-bond acceptors (Lipinski definition) is 4. The fraction of sp³-hybridized carbons (Fsp3) is 0.214. The quantitative estimate of drug-likeness (QED) is 0.621. The van der Waals surface area contributed by atoms with Crippen LogP contribution in [0, 0.1) is 0 Å². The molecule has 0 bridgehead atoms. The average Bonchev–Trinajstić information content (AvgIpc) is 2.71. The van der Waals surface area contributed by atoms with Crippen molar-refractivity contribution >= 4 is 69.5 Å². The third-order valence-corrected chi connectivity index (χ3v) is 5.13. The van der Waals surface area contributed by atoms with Crippen molar-refractivity contribution in [2.45, 2.75) is 12.8 Å². The maximum absolute atomic E-state index is 12.3. The summed E-state index contributed by atoms with van der Waals surface area (Å²) in [5.74, 6) is -1.14. The Kier molecular flexibility index (Phi) is 5.86. The number of nitrogens with zero attached hydrogens (tertiary/aromatic N) is 1. The zero-order valence-electron chi connectivity index (χ0n) is 11.2. The van der Waals surface area contributed by atoms with Crippen LogP contribution in [0.2, 0.25) is 10.0 Å². The molecule has 0 aliphatic carbocycles. The fourth-order valence-corrected chi connectivity index (χ4v) is 3.52. The Labute approximate surface area is 147 Å². The number of thiocarbonyl (C=S) groups is 1. The molecular weight excluding hydrogens is 365 g/mol. The summed E-state index contributed by atoms with van der Waals surface area (Å²) in [4.78, 5) is 24.7.